The summed E-state index contributed by atoms with van der Waals surface area (Å²) in [6.07, 6.45) is 9.64. The standard InChI is InChI=1S/C17H34/c1-14(2)9-7-10-16(5)11-8-12-17(6)13-15(3)4/h14,16-17H,3,7-13H2,1-2,4-6H3. The van der Waals surface area contributed by atoms with Gasteiger partial charge >= 0.3 is 0 Å². The molecule has 17 heavy (non-hydrogen) atoms. The molecule has 0 aromatic carbocycles. The molecule has 0 radical (unpaired) electrons. The zero-order valence-electron chi connectivity index (χ0n) is 12.9. The molecule has 0 aromatic rings. The SMILES string of the molecule is C=C(C)CC(C)CCCC(C)CCCC(C)C. The molecule has 0 aliphatic heterocycles. The van der Waals surface area contributed by atoms with Crippen molar-refractivity contribution >= 4 is 0 Å². The lowest BCUT2D eigenvalue weighted by Gasteiger charge is -2.14. The maximum atomic E-state index is 4.00. The highest BCUT2D eigenvalue weighted by atomic mass is 14.1. The topological polar surface area (TPSA) is 0 Å². The highest BCUT2D eigenvalue weighted by Gasteiger charge is 2.06. The first-order chi connectivity index (χ1) is 7.91. The van der Waals surface area contributed by atoms with Gasteiger partial charge in [-0.25, -0.2) is 0 Å². The van der Waals surface area contributed by atoms with Crippen molar-refractivity contribution < 1.29 is 0 Å². The van der Waals surface area contributed by atoms with Gasteiger partial charge in [0.15, 0.2) is 0 Å². The Labute approximate surface area is 110 Å². The minimum atomic E-state index is 0.829. The van der Waals surface area contributed by atoms with E-state index in [2.05, 4.69) is 41.2 Å². The van der Waals surface area contributed by atoms with Gasteiger partial charge in [-0.1, -0.05) is 71.8 Å². The van der Waals surface area contributed by atoms with Gasteiger partial charge in [-0.15, -0.1) is 6.58 Å². The molecular formula is C17H34. The first-order valence-corrected chi connectivity index (χ1v) is 7.56. The third-order valence-corrected chi connectivity index (χ3v) is 3.57. The Morgan fingerprint density at radius 2 is 1.29 bits per heavy atom. The summed E-state index contributed by atoms with van der Waals surface area (Å²) in [6, 6.07) is 0. The third-order valence-electron chi connectivity index (χ3n) is 3.57. The molecule has 0 saturated heterocycles. The van der Waals surface area contributed by atoms with Gasteiger partial charge in [0.05, 0.1) is 0 Å². The van der Waals surface area contributed by atoms with Crippen LogP contribution in [0.25, 0.3) is 0 Å². The quantitative estimate of drug-likeness (QED) is 0.396. The Bertz CT molecular complexity index is 190. The number of allylic oxidation sites excluding steroid dienone is 1. The molecule has 0 aromatic heterocycles. The van der Waals surface area contributed by atoms with Crippen LogP contribution in [0, 0.1) is 17.8 Å². The van der Waals surface area contributed by atoms with Crippen molar-refractivity contribution in [2.75, 3.05) is 0 Å². The number of hydrogen-bond donors (Lipinski definition) is 0. The number of hydrogen-bond acceptors (Lipinski definition) is 0. The van der Waals surface area contributed by atoms with E-state index in [1.165, 1.54) is 50.5 Å². The maximum Gasteiger partial charge on any atom is -0.0300 e. The van der Waals surface area contributed by atoms with Gasteiger partial charge in [-0.05, 0) is 31.1 Å². The minimum absolute atomic E-state index is 0.829. The van der Waals surface area contributed by atoms with Crippen molar-refractivity contribution in [2.45, 2.75) is 79.6 Å². The summed E-state index contributed by atoms with van der Waals surface area (Å²) < 4.78 is 0. The maximum absolute atomic E-state index is 4.00. The lowest BCUT2D eigenvalue weighted by molar-refractivity contribution is 0.399. The average molecular weight is 238 g/mol. The van der Waals surface area contributed by atoms with Gasteiger partial charge in [0.2, 0.25) is 0 Å². The van der Waals surface area contributed by atoms with Gasteiger partial charge in [-0.3, -0.25) is 0 Å². The van der Waals surface area contributed by atoms with Crippen molar-refractivity contribution in [3.8, 4) is 0 Å². The van der Waals surface area contributed by atoms with E-state index < -0.39 is 0 Å². The van der Waals surface area contributed by atoms with Gasteiger partial charge in [0.1, 0.15) is 0 Å². The van der Waals surface area contributed by atoms with Crippen molar-refractivity contribution in [1.29, 1.82) is 0 Å². The van der Waals surface area contributed by atoms with Gasteiger partial charge in [0.25, 0.3) is 0 Å². The highest BCUT2D eigenvalue weighted by Crippen LogP contribution is 2.21. The van der Waals surface area contributed by atoms with E-state index >= 15 is 0 Å². The lowest BCUT2D eigenvalue weighted by Crippen LogP contribution is -2.00. The summed E-state index contributed by atoms with van der Waals surface area (Å²) in [5.74, 6) is 2.62. The molecule has 0 heteroatoms. The van der Waals surface area contributed by atoms with E-state index in [4.69, 9.17) is 0 Å². The Morgan fingerprint density at radius 1 is 0.824 bits per heavy atom. The molecule has 0 rings (SSSR count). The lowest BCUT2D eigenvalue weighted by atomic mass is 9.92. The minimum Gasteiger partial charge on any atom is -0.100 e. The summed E-state index contributed by atoms with van der Waals surface area (Å²) in [7, 11) is 0. The van der Waals surface area contributed by atoms with Crippen molar-refractivity contribution in [2.24, 2.45) is 17.8 Å². The summed E-state index contributed by atoms with van der Waals surface area (Å²) >= 11 is 0. The molecule has 0 spiro atoms. The average Bonchev–Trinajstić information content (AvgIpc) is 2.15. The summed E-state index contributed by atoms with van der Waals surface area (Å²) in [4.78, 5) is 0. The fourth-order valence-electron chi connectivity index (χ4n) is 2.53. The summed E-state index contributed by atoms with van der Waals surface area (Å²) in [6.45, 7) is 15.6. The van der Waals surface area contributed by atoms with Gasteiger partial charge in [0, 0.05) is 0 Å². The molecule has 0 aliphatic rings. The monoisotopic (exact) mass is 238 g/mol. The Hall–Kier alpha value is -0.260. The van der Waals surface area contributed by atoms with Crippen LogP contribution in [0.1, 0.15) is 79.6 Å². The molecule has 0 amide bonds. The molecule has 0 fully saturated rings. The predicted octanol–water partition coefficient (Wildman–Crippen LogP) is 6.22. The second kappa shape index (κ2) is 9.74. The number of rotatable bonds is 10. The first-order valence-electron chi connectivity index (χ1n) is 7.56. The fraction of sp³-hybridized carbons (Fsp3) is 0.882. The van der Waals surface area contributed by atoms with E-state index in [9.17, 15) is 0 Å². The Morgan fingerprint density at radius 3 is 1.76 bits per heavy atom. The first kappa shape index (κ1) is 16.7. The molecule has 0 aliphatic carbocycles. The van der Waals surface area contributed by atoms with Gasteiger partial charge in [-0.2, -0.15) is 0 Å². The molecule has 2 unspecified atom stereocenters. The second-order valence-electron chi connectivity index (χ2n) is 6.63. The van der Waals surface area contributed by atoms with Crippen LogP contribution in [0.4, 0.5) is 0 Å². The molecule has 2 atom stereocenters. The van der Waals surface area contributed by atoms with E-state index in [1.807, 2.05) is 0 Å². The Kier molecular flexibility index (Phi) is 9.59. The van der Waals surface area contributed by atoms with Crippen molar-refractivity contribution in [3.05, 3.63) is 12.2 Å². The molecule has 0 bridgehead atoms. The fourth-order valence-corrected chi connectivity index (χ4v) is 2.53. The van der Waals surface area contributed by atoms with Crippen LogP contribution in [-0.4, -0.2) is 0 Å². The molecule has 0 heterocycles. The molecular weight excluding hydrogens is 204 g/mol. The van der Waals surface area contributed by atoms with Crippen LogP contribution in [0.5, 0.6) is 0 Å². The van der Waals surface area contributed by atoms with E-state index in [-0.39, 0.29) is 0 Å². The highest BCUT2D eigenvalue weighted by molar-refractivity contribution is 4.89. The van der Waals surface area contributed by atoms with Crippen LogP contribution in [0.3, 0.4) is 0 Å². The molecule has 102 valence electrons. The zero-order chi connectivity index (χ0) is 13.3. The normalized spacial score (nSPS) is 14.9. The van der Waals surface area contributed by atoms with Crippen molar-refractivity contribution in [3.63, 3.8) is 0 Å². The summed E-state index contributed by atoms with van der Waals surface area (Å²) in [5.41, 5.74) is 1.34. The molecule has 0 N–H and O–H groups in total. The van der Waals surface area contributed by atoms with Crippen LogP contribution >= 0.6 is 0 Å². The van der Waals surface area contributed by atoms with E-state index in [1.54, 1.807) is 0 Å². The van der Waals surface area contributed by atoms with Crippen LogP contribution in [-0.2, 0) is 0 Å². The predicted molar refractivity (Wildman–Crippen MR) is 80.3 cm³/mol. The van der Waals surface area contributed by atoms with Crippen LogP contribution in [0.2, 0.25) is 0 Å². The van der Waals surface area contributed by atoms with E-state index in [0.717, 1.165) is 17.8 Å². The largest absolute Gasteiger partial charge is 0.100 e. The van der Waals surface area contributed by atoms with Gasteiger partial charge < -0.3 is 0 Å². The summed E-state index contributed by atoms with van der Waals surface area (Å²) in [5, 5.41) is 0. The zero-order valence-corrected chi connectivity index (χ0v) is 12.9. The van der Waals surface area contributed by atoms with Crippen LogP contribution in [0.15, 0.2) is 12.2 Å². The Balaban J connectivity index is 3.44. The third kappa shape index (κ3) is 12.0. The van der Waals surface area contributed by atoms with E-state index in [0.29, 0.717) is 0 Å². The second-order valence-corrected chi connectivity index (χ2v) is 6.63. The molecule has 0 saturated carbocycles. The molecule has 0 nitrogen and oxygen atoms in total. The smallest absolute Gasteiger partial charge is 0.0300 e. The van der Waals surface area contributed by atoms with Crippen molar-refractivity contribution in [1.82, 2.24) is 0 Å². The van der Waals surface area contributed by atoms with Crippen LogP contribution < -0.4 is 0 Å².